The van der Waals surface area contributed by atoms with Crippen LogP contribution >= 0.6 is 23.1 Å². The number of aliphatic carboxylic acids is 2. The van der Waals surface area contributed by atoms with Crippen molar-refractivity contribution in [1.29, 1.82) is 0 Å². The summed E-state index contributed by atoms with van der Waals surface area (Å²) in [5.41, 5.74) is 8.50. The number of rotatable bonds is 40. The number of aromatic hydroxyl groups is 1. The number of amides is 5. The maximum absolute atomic E-state index is 14.9. The van der Waals surface area contributed by atoms with Gasteiger partial charge in [0.25, 0.3) is 0 Å². The lowest BCUT2D eigenvalue weighted by atomic mass is 9.88. The number of anilines is 1. The highest BCUT2D eigenvalue weighted by Crippen LogP contribution is 2.32. The summed E-state index contributed by atoms with van der Waals surface area (Å²) < 4.78 is 6.01. The van der Waals surface area contributed by atoms with Gasteiger partial charge in [0.05, 0.1) is 41.8 Å². The second-order valence-corrected chi connectivity index (χ2v) is 24.8. The number of nitrogens with one attached hydrogen (secondary N) is 5. The Bertz CT molecular complexity index is 3350. The first kappa shape index (κ1) is 72.6. The Labute approximate surface area is 540 Å². The predicted molar refractivity (Wildman–Crippen MR) is 345 cm³/mol. The number of hydrogen-bond acceptors (Lipinski definition) is 20. The van der Waals surface area contributed by atoms with Crippen molar-refractivity contribution >= 4 is 103 Å². The number of benzene rings is 4. The zero-order chi connectivity index (χ0) is 66.7. The summed E-state index contributed by atoms with van der Waals surface area (Å²) in [7, 11) is 3.70. The molecule has 1 aromatic heterocycles. The van der Waals surface area contributed by atoms with Gasteiger partial charge < -0.3 is 67.5 Å². The number of phenols is 1. The summed E-state index contributed by atoms with van der Waals surface area (Å²) in [4.78, 5) is 148. The van der Waals surface area contributed by atoms with Crippen LogP contribution in [-0.2, 0) is 72.1 Å². The van der Waals surface area contributed by atoms with Crippen molar-refractivity contribution in [1.82, 2.24) is 31.2 Å². The number of thioether (sulfide) groups is 1. The molecule has 1 unspecified atom stereocenters. The highest BCUT2D eigenvalue weighted by molar-refractivity contribution is 8.15. The summed E-state index contributed by atoms with van der Waals surface area (Å²) in [5, 5.41) is 64.7. The zero-order valence-corrected chi connectivity index (χ0v) is 53.0. The van der Waals surface area contributed by atoms with E-state index in [0.29, 0.717) is 81.4 Å². The average Bonchev–Trinajstić information content (AvgIpc) is 1.68. The van der Waals surface area contributed by atoms with Gasteiger partial charge >= 0.3 is 17.9 Å². The number of carboxylic acids is 2. The molecule has 27 heteroatoms. The van der Waals surface area contributed by atoms with Gasteiger partial charge in [-0.3, -0.25) is 48.1 Å². The van der Waals surface area contributed by atoms with Gasteiger partial charge in [-0.25, -0.2) is 9.78 Å². The second-order valence-electron chi connectivity index (χ2n) is 22.8. The minimum absolute atomic E-state index is 0.0145. The number of thiazole rings is 1. The molecule has 5 aromatic rings. The Kier molecular flexibility index (Phi) is 29.3. The van der Waals surface area contributed by atoms with Crippen molar-refractivity contribution in [2.24, 2.45) is 28.5 Å². The number of fused-ring (bicyclic) bond motifs is 1. The molecule has 92 heavy (non-hydrogen) atoms. The van der Waals surface area contributed by atoms with E-state index < -0.39 is 152 Å². The summed E-state index contributed by atoms with van der Waals surface area (Å²) >= 11 is 2.56. The first-order chi connectivity index (χ1) is 44.1. The largest absolute Gasteiger partial charge is 0.508 e. The Morgan fingerprint density at radius 1 is 0.630 bits per heavy atom. The van der Waals surface area contributed by atoms with Crippen molar-refractivity contribution in [2.45, 2.75) is 120 Å². The fourth-order valence-electron chi connectivity index (χ4n) is 10.0. The van der Waals surface area contributed by atoms with Crippen LogP contribution in [0.5, 0.6) is 5.75 Å². The smallest absolute Gasteiger partial charge is 0.329 e. The van der Waals surface area contributed by atoms with E-state index in [-0.39, 0.29) is 43.8 Å². The number of aliphatic hydroxyl groups excluding tert-OH is 2. The first-order valence-corrected chi connectivity index (χ1v) is 32.1. The Morgan fingerprint density at radius 2 is 1.23 bits per heavy atom. The van der Waals surface area contributed by atoms with E-state index in [4.69, 9.17) is 10.5 Å². The number of hydrogen-bond donors (Lipinski definition) is 11. The minimum atomic E-state index is -1.64. The van der Waals surface area contributed by atoms with Crippen LogP contribution in [0.15, 0.2) is 108 Å². The highest BCUT2D eigenvalue weighted by Gasteiger charge is 2.36. The van der Waals surface area contributed by atoms with E-state index in [1.54, 1.807) is 78.9 Å². The average molecular weight is 1310 g/mol. The summed E-state index contributed by atoms with van der Waals surface area (Å²) in [6, 6.07) is 21.2. The molecule has 5 amide bonds. The van der Waals surface area contributed by atoms with Crippen molar-refractivity contribution in [3.63, 3.8) is 0 Å². The number of aliphatic imine (C=N–C) groups is 1. The molecule has 0 fully saturated rings. The Balaban J connectivity index is 1.20. The molecule has 2 heterocycles. The van der Waals surface area contributed by atoms with Gasteiger partial charge in [0.1, 0.15) is 40.5 Å². The van der Waals surface area contributed by atoms with E-state index in [2.05, 4.69) is 36.6 Å². The first-order valence-electron chi connectivity index (χ1n) is 30.3. The van der Waals surface area contributed by atoms with Crippen molar-refractivity contribution < 1.29 is 78.2 Å². The number of carboxylic acid groups (broad SMARTS) is 2. The van der Waals surface area contributed by atoms with E-state index >= 15 is 0 Å². The Hall–Kier alpha value is -8.47. The van der Waals surface area contributed by atoms with Crippen LogP contribution in [-0.4, -0.2) is 176 Å². The molecule has 4 aromatic carbocycles. The number of phenolic OH excluding ortho intramolecular Hbond substituents is 1. The molecule has 0 saturated heterocycles. The summed E-state index contributed by atoms with van der Waals surface area (Å²) in [6.07, 6.45) is -0.840. The number of carbonyl (C=O) groups excluding carboxylic acids is 8. The van der Waals surface area contributed by atoms with Gasteiger partial charge in [0, 0.05) is 42.5 Å². The highest BCUT2D eigenvalue weighted by atomic mass is 32.2. The molecular formula is C65H81N9O16S2. The Morgan fingerprint density at radius 3 is 1.86 bits per heavy atom. The topological polar surface area (TPSA) is 396 Å². The van der Waals surface area contributed by atoms with Crippen LogP contribution in [0, 0.1) is 17.8 Å². The number of ketones is 2. The van der Waals surface area contributed by atoms with E-state index in [0.717, 1.165) is 0 Å². The van der Waals surface area contributed by atoms with Crippen LogP contribution in [0.2, 0.25) is 0 Å². The van der Waals surface area contributed by atoms with E-state index in [9.17, 15) is 73.5 Å². The number of aliphatic hydroxyl groups is 2. The predicted octanol–water partition coefficient (Wildman–Crippen LogP) is 3.92. The number of carbonyl (C=O) groups is 10. The molecule has 25 nitrogen and oxygen atoms in total. The number of aromatic nitrogens is 1. The SMILES string of the molecule is CN(C)CCCC[C@H](NC(=O)[C@H](CO)CC(=O)OCc1ccccc1)C(=O)N[C@@H](CCC(=O)O)C(=O)NC(Cc1ccc(O)cc1)C(=O)C[C@@H](Cc1ccccc1)C(=O)N[C@@H](CO)C(=O)C[C@@H](CCCCN)C(=O)Nc1ccc2nc(C3=N[C@@H](C(=O)O)CS3)sc2c1. The molecule has 8 atom stereocenters. The standard InChI is InChI=1S/C65H81N9O16S2/c1-74(2)28-12-10-18-48(68-60(85)44(35-75)33-57(82)90-37-41-15-7-4-8-16-41)61(86)69-49(25-26-56(80)81)62(87)70-50(30-40-19-22-46(77)23-20-40)53(78)32-43(29-39-13-5-3-6-14-39)59(84)71-51(36-76)54(79)31-42(17-9-11-27-66)58(83)67-45-21-24-47-55(34-45)92-64(72-47)63-73-52(38-91-63)65(88)89/h3-8,13-16,19-24,34,42-44,48-52,75-77H,9-12,17-18,25-33,35-38,66H2,1-2H3,(H,67,83)(H,68,85)(H,69,86)(H,70,87)(H,71,84)(H,80,81)(H,88,89)/t42-,43-,44+,48+,49+,50?,51+,52-/m1/s1. The van der Waals surface area contributed by atoms with Crippen molar-refractivity contribution in [3.05, 3.63) is 125 Å². The van der Waals surface area contributed by atoms with Gasteiger partial charge in [0.15, 0.2) is 17.6 Å². The molecule has 0 saturated carbocycles. The molecule has 0 radical (unpaired) electrons. The van der Waals surface area contributed by atoms with Gasteiger partial charge in [-0.15, -0.1) is 23.1 Å². The molecule has 1 aliphatic rings. The third-order valence-electron chi connectivity index (χ3n) is 15.2. The molecule has 0 spiro atoms. The van der Waals surface area contributed by atoms with Gasteiger partial charge in [-0.05, 0) is 126 Å². The molecule has 1 aliphatic heterocycles. The number of nitrogens with two attached hydrogens (primary N) is 1. The molecular weight excluding hydrogens is 1230 g/mol. The second kappa shape index (κ2) is 37.1. The minimum Gasteiger partial charge on any atom is -0.508 e. The molecule has 0 bridgehead atoms. The fraction of sp³-hybridized carbons (Fsp3) is 0.446. The number of unbranched alkanes of at least 4 members (excludes halogenated alkanes) is 2. The number of ether oxygens (including phenoxy) is 1. The molecule has 0 aliphatic carbocycles. The van der Waals surface area contributed by atoms with Crippen molar-refractivity contribution in [2.75, 3.05) is 51.5 Å². The third kappa shape index (κ3) is 23.6. The van der Waals surface area contributed by atoms with Crippen molar-refractivity contribution in [3.8, 4) is 5.75 Å². The van der Waals surface area contributed by atoms with Crippen LogP contribution in [0.1, 0.15) is 92.3 Å². The molecule has 6 rings (SSSR count). The fourth-order valence-corrected chi connectivity index (χ4v) is 12.1. The number of Topliss-reactive ketones (excluding diaryl/α,β-unsaturated/α-hetero) is 2. The molecule has 12 N–H and O–H groups in total. The van der Waals surface area contributed by atoms with Crippen LogP contribution < -0.4 is 32.3 Å². The lowest BCUT2D eigenvalue weighted by molar-refractivity contribution is -0.149. The van der Waals surface area contributed by atoms with Crippen LogP contribution in [0.25, 0.3) is 10.2 Å². The van der Waals surface area contributed by atoms with Gasteiger partial charge in [-0.1, -0.05) is 79.2 Å². The quantitative estimate of drug-likeness (QED) is 0.0195. The summed E-state index contributed by atoms with van der Waals surface area (Å²) in [5.74, 6) is -12.1. The maximum atomic E-state index is 14.9. The lowest BCUT2D eigenvalue weighted by Crippen LogP contribution is -2.57. The molecule has 494 valence electrons. The monoisotopic (exact) mass is 1310 g/mol. The maximum Gasteiger partial charge on any atom is 0.329 e. The van der Waals surface area contributed by atoms with Crippen LogP contribution in [0.3, 0.4) is 0 Å². The zero-order valence-electron chi connectivity index (χ0n) is 51.3. The summed E-state index contributed by atoms with van der Waals surface area (Å²) in [6.45, 7) is -0.846. The number of esters is 1. The van der Waals surface area contributed by atoms with E-state index in [1.807, 2.05) is 19.0 Å². The van der Waals surface area contributed by atoms with Crippen LogP contribution in [0.4, 0.5) is 5.69 Å². The van der Waals surface area contributed by atoms with E-state index in [1.165, 1.54) is 47.4 Å². The van der Waals surface area contributed by atoms with Gasteiger partial charge in [-0.2, -0.15) is 0 Å². The third-order valence-corrected chi connectivity index (χ3v) is 17.4. The van der Waals surface area contributed by atoms with Gasteiger partial charge in [0.2, 0.25) is 29.5 Å². The number of nitrogens with zero attached hydrogens (tertiary/aromatic N) is 3. The normalized spacial score (nSPS) is 15.2. The lowest BCUT2D eigenvalue weighted by Gasteiger charge is -2.27.